The summed E-state index contributed by atoms with van der Waals surface area (Å²) in [6, 6.07) is 13.4. The van der Waals surface area contributed by atoms with Crippen molar-refractivity contribution in [2.24, 2.45) is 0 Å². The van der Waals surface area contributed by atoms with E-state index in [0.717, 1.165) is 41.3 Å². The highest BCUT2D eigenvalue weighted by Crippen LogP contribution is 2.31. The van der Waals surface area contributed by atoms with Gasteiger partial charge in [-0.25, -0.2) is 0 Å². The van der Waals surface area contributed by atoms with Crippen LogP contribution in [0, 0.1) is 6.92 Å². The van der Waals surface area contributed by atoms with Crippen molar-refractivity contribution in [3.63, 3.8) is 0 Å². The van der Waals surface area contributed by atoms with Crippen LogP contribution < -0.4 is 9.80 Å². The second kappa shape index (κ2) is 7.72. The van der Waals surface area contributed by atoms with Crippen LogP contribution in [0.15, 0.2) is 48.5 Å². The number of hydrogen-bond acceptors (Lipinski definition) is 2. The number of rotatable bonds is 4. The molecule has 1 aliphatic rings. The first-order chi connectivity index (χ1) is 13.8. The lowest BCUT2D eigenvalue weighted by Gasteiger charge is -2.34. The summed E-state index contributed by atoms with van der Waals surface area (Å²) in [6.45, 7) is 5.43. The highest BCUT2D eigenvalue weighted by atomic mass is 19.4. The maximum atomic E-state index is 13.0. The smallest absolute Gasteiger partial charge is 0.382 e. The number of benzene rings is 2. The number of hydrogen-bond donors (Lipinski definition) is 3. The minimum Gasteiger partial charge on any atom is -0.382 e. The first-order valence-corrected chi connectivity index (χ1v) is 9.84. The van der Waals surface area contributed by atoms with Crippen molar-refractivity contribution in [2.45, 2.75) is 19.2 Å². The molecule has 4 nitrogen and oxygen atoms in total. The van der Waals surface area contributed by atoms with E-state index >= 15 is 0 Å². The van der Waals surface area contributed by atoms with E-state index in [1.165, 1.54) is 17.0 Å². The van der Waals surface area contributed by atoms with Crippen molar-refractivity contribution in [3.05, 3.63) is 65.4 Å². The summed E-state index contributed by atoms with van der Waals surface area (Å²) in [7, 11) is 0. The van der Waals surface area contributed by atoms with E-state index in [4.69, 9.17) is 0 Å². The van der Waals surface area contributed by atoms with Gasteiger partial charge in [0.05, 0.1) is 31.7 Å². The van der Waals surface area contributed by atoms with E-state index < -0.39 is 17.8 Å². The van der Waals surface area contributed by atoms with E-state index in [0.29, 0.717) is 25.3 Å². The molecule has 4 rings (SSSR count). The highest BCUT2D eigenvalue weighted by molar-refractivity contribution is 5.84. The summed E-state index contributed by atoms with van der Waals surface area (Å²) in [6.07, 6.45) is -4.91. The number of halogens is 3. The van der Waals surface area contributed by atoms with Gasteiger partial charge >= 0.3 is 6.18 Å². The molecule has 1 saturated heterocycles. The quantitative estimate of drug-likeness (QED) is 0.626. The Morgan fingerprint density at radius 3 is 2.55 bits per heavy atom. The number of nitrogens with zero attached hydrogens (tertiary/aromatic N) is 1. The van der Waals surface area contributed by atoms with Crippen LogP contribution in [0.5, 0.6) is 0 Å². The van der Waals surface area contributed by atoms with Gasteiger partial charge in [-0.2, -0.15) is 13.2 Å². The van der Waals surface area contributed by atoms with Crippen LogP contribution in [0.25, 0.3) is 10.9 Å². The minimum absolute atomic E-state index is 0.582. The lowest BCUT2D eigenvalue weighted by Crippen LogP contribution is -3.15. The molecule has 0 spiro atoms. The Kier molecular flexibility index (Phi) is 5.27. The number of aliphatic hydroxyl groups excluding tert-OH is 1. The molecular weight excluding hydrogens is 379 g/mol. The van der Waals surface area contributed by atoms with Crippen molar-refractivity contribution < 1.29 is 23.2 Å². The van der Waals surface area contributed by atoms with Crippen molar-refractivity contribution in [2.75, 3.05) is 37.6 Å². The van der Waals surface area contributed by atoms with Gasteiger partial charge in [-0.05, 0) is 31.2 Å². The van der Waals surface area contributed by atoms with Gasteiger partial charge in [0.1, 0.15) is 12.6 Å². The Labute approximate surface area is 167 Å². The number of H-pyrrole nitrogens is 1. The Hall–Kier alpha value is -2.51. The number of piperazine rings is 1. The number of alkyl halides is 3. The van der Waals surface area contributed by atoms with Gasteiger partial charge in [0, 0.05) is 27.8 Å². The van der Waals surface area contributed by atoms with Crippen molar-refractivity contribution >= 4 is 16.6 Å². The number of fused-ring (bicyclic) bond motifs is 1. The second-order valence-electron chi connectivity index (χ2n) is 7.71. The fraction of sp³-hybridized carbons (Fsp3) is 0.364. The van der Waals surface area contributed by atoms with Crippen LogP contribution in [0.1, 0.15) is 22.9 Å². The summed E-state index contributed by atoms with van der Waals surface area (Å²) in [5.74, 6) is 0. The predicted octanol–water partition coefficient (Wildman–Crippen LogP) is 2.93. The molecule has 2 aromatic carbocycles. The molecule has 0 unspecified atom stereocenters. The largest absolute Gasteiger partial charge is 0.416 e. The van der Waals surface area contributed by atoms with Crippen LogP contribution >= 0.6 is 0 Å². The number of aryl methyl sites for hydroxylation is 1. The average Bonchev–Trinajstić information content (AvgIpc) is 3.04. The summed E-state index contributed by atoms with van der Waals surface area (Å²) in [5, 5.41) is 11.9. The molecule has 1 atom stereocenters. The van der Waals surface area contributed by atoms with Gasteiger partial charge in [0.2, 0.25) is 0 Å². The molecule has 0 aliphatic carbocycles. The molecular formula is C22H25F3N3O+. The zero-order valence-corrected chi connectivity index (χ0v) is 16.3. The van der Waals surface area contributed by atoms with Crippen LogP contribution in [0.2, 0.25) is 0 Å². The van der Waals surface area contributed by atoms with Crippen LogP contribution in [0.3, 0.4) is 0 Å². The molecule has 3 aromatic rings. The molecule has 1 aliphatic heterocycles. The number of nitrogens with one attached hydrogen (secondary N) is 2. The van der Waals surface area contributed by atoms with Crippen LogP contribution in [-0.2, 0) is 6.18 Å². The number of aliphatic hydroxyl groups is 1. The van der Waals surface area contributed by atoms with Gasteiger partial charge in [0.25, 0.3) is 0 Å². The molecule has 29 heavy (non-hydrogen) atoms. The zero-order chi connectivity index (χ0) is 20.6. The summed E-state index contributed by atoms with van der Waals surface area (Å²) in [5.41, 5.74) is 2.92. The van der Waals surface area contributed by atoms with E-state index in [9.17, 15) is 18.3 Å². The first-order valence-electron chi connectivity index (χ1n) is 9.84. The van der Waals surface area contributed by atoms with Gasteiger partial charge in [-0.15, -0.1) is 0 Å². The number of anilines is 1. The summed E-state index contributed by atoms with van der Waals surface area (Å²) >= 11 is 0. The summed E-state index contributed by atoms with van der Waals surface area (Å²) < 4.78 is 38.9. The van der Waals surface area contributed by atoms with Crippen molar-refractivity contribution in [3.8, 4) is 0 Å². The number of para-hydroxylation sites is 1. The summed E-state index contributed by atoms with van der Waals surface area (Å²) in [4.78, 5) is 6.56. The van der Waals surface area contributed by atoms with E-state index in [1.54, 1.807) is 6.07 Å². The number of aromatic nitrogens is 1. The zero-order valence-electron chi connectivity index (χ0n) is 16.3. The second-order valence-corrected chi connectivity index (χ2v) is 7.71. The standard InChI is InChI=1S/C22H24F3N3O/c1-15-21(18-7-2-3-8-19(18)26-15)20(29)14-27-9-11-28(12-10-27)17-6-4-5-16(13-17)22(23,24)25/h2-8,13,20,26,29H,9-12,14H2,1H3/p+1/t20-/m0/s1. The van der Waals surface area contributed by atoms with E-state index in [1.807, 2.05) is 36.1 Å². The third-order valence-corrected chi connectivity index (χ3v) is 5.77. The van der Waals surface area contributed by atoms with Crippen molar-refractivity contribution in [1.82, 2.24) is 4.98 Å². The van der Waals surface area contributed by atoms with Crippen LogP contribution in [-0.4, -0.2) is 42.8 Å². The third-order valence-electron chi connectivity index (χ3n) is 5.77. The number of aromatic amines is 1. The topological polar surface area (TPSA) is 43.7 Å². The molecule has 1 aromatic heterocycles. The van der Waals surface area contributed by atoms with Gasteiger partial charge < -0.3 is 19.9 Å². The molecule has 7 heteroatoms. The molecule has 0 saturated carbocycles. The Balaban J connectivity index is 1.41. The molecule has 1 fully saturated rings. The monoisotopic (exact) mass is 404 g/mol. The molecule has 0 amide bonds. The predicted molar refractivity (Wildman–Crippen MR) is 107 cm³/mol. The van der Waals surface area contributed by atoms with E-state index in [2.05, 4.69) is 4.98 Å². The Bertz CT molecular complexity index is 990. The lowest BCUT2D eigenvalue weighted by molar-refractivity contribution is -0.904. The van der Waals surface area contributed by atoms with Gasteiger partial charge in [-0.3, -0.25) is 0 Å². The lowest BCUT2D eigenvalue weighted by atomic mass is 10.0. The molecule has 154 valence electrons. The Morgan fingerprint density at radius 1 is 1.10 bits per heavy atom. The maximum absolute atomic E-state index is 13.0. The fourth-order valence-electron chi connectivity index (χ4n) is 4.27. The van der Waals surface area contributed by atoms with Gasteiger partial charge in [0.15, 0.2) is 0 Å². The fourth-order valence-corrected chi connectivity index (χ4v) is 4.27. The van der Waals surface area contributed by atoms with Crippen LogP contribution in [0.4, 0.5) is 18.9 Å². The Morgan fingerprint density at radius 2 is 1.83 bits per heavy atom. The van der Waals surface area contributed by atoms with E-state index in [-0.39, 0.29) is 0 Å². The highest BCUT2D eigenvalue weighted by Gasteiger charge is 2.31. The molecule has 2 heterocycles. The average molecular weight is 404 g/mol. The maximum Gasteiger partial charge on any atom is 0.416 e. The molecule has 0 radical (unpaired) electrons. The van der Waals surface area contributed by atoms with Crippen molar-refractivity contribution in [1.29, 1.82) is 0 Å². The van der Waals surface area contributed by atoms with Gasteiger partial charge in [-0.1, -0.05) is 24.3 Å². The molecule has 3 N–H and O–H groups in total. The minimum atomic E-state index is -4.33. The SMILES string of the molecule is Cc1[nH]c2ccccc2c1[C@@H](O)C[NH+]1CCN(c2cccc(C(F)(F)F)c2)CC1. The molecule has 0 bridgehead atoms. The normalized spacial score (nSPS) is 17.1. The first kappa shape index (κ1) is 19.8. The third kappa shape index (κ3) is 4.11. The number of quaternary nitrogens is 1.